The number of urea groups is 1. The summed E-state index contributed by atoms with van der Waals surface area (Å²) in [4.78, 5) is 46.7. The van der Waals surface area contributed by atoms with E-state index < -0.39 is 30.1 Å². The fourth-order valence-corrected chi connectivity index (χ4v) is 6.02. The number of ether oxygens (including phenoxy) is 1. The molecule has 0 spiro atoms. The highest BCUT2D eigenvalue weighted by Gasteiger charge is 2.38. The van der Waals surface area contributed by atoms with Crippen molar-refractivity contribution in [1.82, 2.24) is 15.2 Å². The van der Waals surface area contributed by atoms with Crippen LogP contribution in [-0.2, 0) is 4.79 Å². The molecule has 2 aromatic heterocycles. The van der Waals surface area contributed by atoms with Crippen LogP contribution in [0, 0.1) is 6.92 Å². The molecule has 0 bridgehead atoms. The second kappa shape index (κ2) is 10.1. The van der Waals surface area contributed by atoms with Crippen molar-refractivity contribution < 1.29 is 23.5 Å². The van der Waals surface area contributed by atoms with Crippen LogP contribution in [0.3, 0.4) is 0 Å². The van der Waals surface area contributed by atoms with Crippen LogP contribution in [0.2, 0.25) is 0 Å². The standard InChI is InChI=1S/C29H24FN5O4S/c1-3-23(36)34-14-19(30)20(15-34)32-27(37)26-25-24-22(11-12-31-28(24)40-26)35(29(38)33-25)21-10-9-18(13-16(21)2)39-17-7-5-4-6-8-17/h3-13,19-20H,1,14-15H2,2H3,(H,32,37)(H,33,38). The Kier molecular flexibility index (Phi) is 6.43. The van der Waals surface area contributed by atoms with Crippen molar-refractivity contribution in [3.63, 3.8) is 0 Å². The van der Waals surface area contributed by atoms with Gasteiger partial charge in [-0.1, -0.05) is 24.8 Å². The number of hydrogen-bond donors (Lipinski definition) is 2. The average molecular weight is 558 g/mol. The van der Waals surface area contributed by atoms with E-state index >= 15 is 0 Å². The quantitative estimate of drug-likeness (QED) is 0.303. The molecule has 6 rings (SSSR count). The van der Waals surface area contributed by atoms with Gasteiger partial charge in [-0.3, -0.25) is 14.5 Å². The number of thiophene rings is 1. The Morgan fingerprint density at radius 3 is 2.70 bits per heavy atom. The highest BCUT2D eigenvalue weighted by molar-refractivity contribution is 7.21. The second-order valence-electron chi connectivity index (χ2n) is 9.49. The molecular formula is C29H24FN5O4S. The van der Waals surface area contributed by atoms with Gasteiger partial charge in [0.1, 0.15) is 27.4 Å². The van der Waals surface area contributed by atoms with Gasteiger partial charge in [-0.15, -0.1) is 11.3 Å². The molecule has 1 saturated heterocycles. The van der Waals surface area contributed by atoms with E-state index in [1.54, 1.807) is 23.2 Å². The molecule has 40 heavy (non-hydrogen) atoms. The van der Waals surface area contributed by atoms with Gasteiger partial charge in [0.05, 0.1) is 35.0 Å². The summed E-state index contributed by atoms with van der Waals surface area (Å²) in [7, 11) is 0. The van der Waals surface area contributed by atoms with Gasteiger partial charge in [0.25, 0.3) is 5.91 Å². The molecule has 0 saturated carbocycles. The van der Waals surface area contributed by atoms with E-state index in [0.717, 1.165) is 23.0 Å². The Hall–Kier alpha value is -4.77. The van der Waals surface area contributed by atoms with Gasteiger partial charge < -0.3 is 20.3 Å². The molecule has 2 aliphatic rings. The lowest BCUT2D eigenvalue weighted by Gasteiger charge is -2.29. The number of rotatable bonds is 6. The highest BCUT2D eigenvalue weighted by atomic mass is 32.1. The lowest BCUT2D eigenvalue weighted by Crippen LogP contribution is -2.42. The van der Waals surface area contributed by atoms with Gasteiger partial charge in [0.15, 0.2) is 0 Å². The zero-order valence-electron chi connectivity index (χ0n) is 21.4. The fraction of sp³-hybridized carbons (Fsp3) is 0.172. The summed E-state index contributed by atoms with van der Waals surface area (Å²) >= 11 is 1.11. The number of aryl methyl sites for hydroxylation is 1. The van der Waals surface area contributed by atoms with Gasteiger partial charge >= 0.3 is 6.03 Å². The zero-order chi connectivity index (χ0) is 28.0. The summed E-state index contributed by atoms with van der Waals surface area (Å²) in [5.74, 6) is 0.391. The first-order chi connectivity index (χ1) is 19.3. The molecule has 2 aromatic carbocycles. The zero-order valence-corrected chi connectivity index (χ0v) is 22.2. The van der Waals surface area contributed by atoms with Gasteiger partial charge in [-0.05, 0) is 55.0 Å². The van der Waals surface area contributed by atoms with Gasteiger partial charge in [-0.2, -0.15) is 0 Å². The first-order valence-electron chi connectivity index (χ1n) is 12.6. The third-order valence-electron chi connectivity index (χ3n) is 6.89. The molecule has 4 amide bonds. The van der Waals surface area contributed by atoms with Crippen LogP contribution < -0.4 is 20.3 Å². The molecule has 4 aromatic rings. The van der Waals surface area contributed by atoms with Crippen LogP contribution >= 0.6 is 11.3 Å². The molecule has 2 unspecified atom stereocenters. The SMILES string of the molecule is C=CC(=O)N1CC(F)C(NC(=O)c2sc3nccc4c3c2NC(=O)N4c2ccc(Oc3ccccc3)cc2C)C1. The number of halogens is 1. The number of nitrogens with one attached hydrogen (secondary N) is 2. The number of hydrogen-bond acceptors (Lipinski definition) is 6. The molecule has 1 fully saturated rings. The summed E-state index contributed by atoms with van der Waals surface area (Å²) in [6.07, 6.45) is 1.28. The van der Waals surface area contributed by atoms with Gasteiger partial charge in [-0.25, -0.2) is 14.2 Å². The van der Waals surface area contributed by atoms with Crippen LogP contribution in [0.15, 0.2) is 73.4 Å². The monoisotopic (exact) mass is 557 g/mol. The summed E-state index contributed by atoms with van der Waals surface area (Å²) < 4.78 is 20.6. The Morgan fingerprint density at radius 2 is 1.95 bits per heavy atom. The minimum Gasteiger partial charge on any atom is -0.457 e. The molecular weight excluding hydrogens is 533 g/mol. The number of amides is 4. The van der Waals surface area contributed by atoms with Gasteiger partial charge in [0, 0.05) is 12.7 Å². The van der Waals surface area contributed by atoms with Crippen molar-refractivity contribution in [1.29, 1.82) is 0 Å². The minimum atomic E-state index is -1.42. The molecule has 0 aliphatic carbocycles. The fourth-order valence-electron chi connectivity index (χ4n) is 4.99. The van der Waals surface area contributed by atoms with Crippen LogP contribution in [0.5, 0.6) is 11.5 Å². The molecule has 202 valence electrons. The van der Waals surface area contributed by atoms with E-state index in [0.29, 0.717) is 38.8 Å². The maximum atomic E-state index is 14.6. The van der Waals surface area contributed by atoms with E-state index in [4.69, 9.17) is 4.74 Å². The molecule has 11 heteroatoms. The smallest absolute Gasteiger partial charge is 0.331 e. The number of nitrogens with zero attached hydrogens (tertiary/aromatic N) is 3. The third-order valence-corrected chi connectivity index (χ3v) is 7.99. The summed E-state index contributed by atoms with van der Waals surface area (Å²) in [6, 6.07) is 15.3. The highest BCUT2D eigenvalue weighted by Crippen LogP contribution is 2.46. The van der Waals surface area contributed by atoms with Crippen molar-refractivity contribution in [3.8, 4) is 11.5 Å². The number of carbonyl (C=O) groups is 3. The predicted molar refractivity (Wildman–Crippen MR) is 151 cm³/mol. The summed E-state index contributed by atoms with van der Waals surface area (Å²) in [5.41, 5.74) is 2.35. The molecule has 2 aliphatic heterocycles. The maximum Gasteiger partial charge on any atom is 0.331 e. The Bertz CT molecular complexity index is 1670. The Balaban J connectivity index is 1.30. The molecule has 4 heterocycles. The van der Waals surface area contributed by atoms with Crippen molar-refractivity contribution in [2.75, 3.05) is 23.3 Å². The lowest BCUT2D eigenvalue weighted by atomic mass is 10.1. The molecule has 2 N–H and O–H groups in total. The van der Waals surface area contributed by atoms with E-state index in [1.165, 1.54) is 4.90 Å². The number of carbonyl (C=O) groups excluding carboxylic acids is 3. The van der Waals surface area contributed by atoms with Crippen molar-refractivity contribution in [2.24, 2.45) is 0 Å². The van der Waals surface area contributed by atoms with Crippen LogP contribution in [-0.4, -0.2) is 53.0 Å². The van der Waals surface area contributed by atoms with Crippen molar-refractivity contribution in [2.45, 2.75) is 19.1 Å². The predicted octanol–water partition coefficient (Wildman–Crippen LogP) is 5.55. The third kappa shape index (κ3) is 4.43. The average Bonchev–Trinajstić information content (AvgIpc) is 3.50. The summed E-state index contributed by atoms with van der Waals surface area (Å²) in [6.45, 7) is 5.22. The summed E-state index contributed by atoms with van der Waals surface area (Å²) in [5, 5.41) is 6.16. The van der Waals surface area contributed by atoms with Crippen LogP contribution in [0.1, 0.15) is 15.2 Å². The number of aromatic nitrogens is 1. The number of alkyl halides is 1. The number of likely N-dealkylation sites (tertiary alicyclic amines) is 1. The van der Waals surface area contributed by atoms with Crippen LogP contribution in [0.25, 0.3) is 10.2 Å². The maximum absolute atomic E-state index is 14.6. The molecule has 9 nitrogen and oxygen atoms in total. The molecule has 2 atom stereocenters. The topological polar surface area (TPSA) is 104 Å². The lowest BCUT2D eigenvalue weighted by molar-refractivity contribution is -0.125. The van der Waals surface area contributed by atoms with Crippen molar-refractivity contribution in [3.05, 3.63) is 83.9 Å². The van der Waals surface area contributed by atoms with E-state index in [-0.39, 0.29) is 18.0 Å². The minimum absolute atomic E-state index is 0.0326. The number of pyridine rings is 1. The number of anilines is 3. The second-order valence-corrected chi connectivity index (χ2v) is 10.5. The number of benzene rings is 2. The van der Waals surface area contributed by atoms with E-state index in [9.17, 15) is 18.8 Å². The Morgan fingerprint density at radius 1 is 1.15 bits per heavy atom. The normalized spacial score (nSPS) is 18.0. The van der Waals surface area contributed by atoms with Crippen LogP contribution in [0.4, 0.5) is 26.2 Å². The number of para-hydroxylation sites is 1. The first-order valence-corrected chi connectivity index (χ1v) is 13.4. The van der Waals surface area contributed by atoms with E-state index in [2.05, 4.69) is 22.2 Å². The molecule has 0 radical (unpaired) electrons. The van der Waals surface area contributed by atoms with E-state index in [1.807, 2.05) is 49.4 Å². The van der Waals surface area contributed by atoms with Gasteiger partial charge in [0.2, 0.25) is 5.91 Å². The Labute approximate surface area is 232 Å². The van der Waals surface area contributed by atoms with Crippen molar-refractivity contribution >= 4 is 56.5 Å². The first kappa shape index (κ1) is 25.5. The largest absolute Gasteiger partial charge is 0.457 e.